The lowest BCUT2D eigenvalue weighted by Crippen LogP contribution is -2.48. The van der Waals surface area contributed by atoms with E-state index >= 15 is 0 Å². The minimum Gasteiger partial charge on any atom is -0.374 e. The van der Waals surface area contributed by atoms with Gasteiger partial charge in [-0.1, -0.05) is 13.8 Å². The van der Waals surface area contributed by atoms with Crippen LogP contribution in [-0.4, -0.2) is 34.3 Å². The second-order valence-electron chi connectivity index (χ2n) is 4.42. The second kappa shape index (κ2) is 9.41. The van der Waals surface area contributed by atoms with E-state index in [9.17, 15) is 4.79 Å². The summed E-state index contributed by atoms with van der Waals surface area (Å²) >= 11 is 0. The van der Waals surface area contributed by atoms with Gasteiger partial charge in [0.25, 0.3) is 0 Å². The average molecular weight is 275 g/mol. The first-order chi connectivity index (χ1) is 8.49. The molecule has 0 aliphatic heterocycles. The van der Waals surface area contributed by atoms with E-state index in [-0.39, 0.29) is 0 Å². The zero-order valence-corrected chi connectivity index (χ0v) is 13.1. The Morgan fingerprint density at radius 2 is 1.72 bits per heavy atom. The Kier molecular flexibility index (Phi) is 9.14. The van der Waals surface area contributed by atoms with Crippen LogP contribution in [0.2, 0.25) is 6.04 Å². The maximum absolute atomic E-state index is 10.2. The van der Waals surface area contributed by atoms with E-state index in [0.717, 1.165) is 12.5 Å². The van der Waals surface area contributed by atoms with Gasteiger partial charge in [0.1, 0.15) is 0 Å². The van der Waals surface area contributed by atoms with Crippen LogP contribution in [0.1, 0.15) is 41.0 Å². The van der Waals surface area contributed by atoms with Gasteiger partial charge >= 0.3 is 8.80 Å². The monoisotopic (exact) mass is 275 g/mol. The van der Waals surface area contributed by atoms with Crippen molar-refractivity contribution in [3.63, 3.8) is 0 Å². The van der Waals surface area contributed by atoms with Crippen LogP contribution in [0, 0.1) is 5.92 Å². The van der Waals surface area contributed by atoms with Gasteiger partial charge in [-0.15, -0.1) is 0 Å². The lowest BCUT2D eigenvalue weighted by Gasteiger charge is -2.30. The van der Waals surface area contributed by atoms with Crippen molar-refractivity contribution >= 4 is 14.9 Å². The molecule has 1 unspecified atom stereocenters. The topological polar surface area (TPSA) is 57.1 Å². The molecule has 106 valence electrons. The highest BCUT2D eigenvalue weighted by Gasteiger charge is 2.42. The van der Waals surface area contributed by atoms with E-state index in [4.69, 9.17) is 13.3 Å². The van der Waals surface area contributed by atoms with Crippen LogP contribution in [0.25, 0.3) is 0 Å². The number of aliphatic imine (C=N–C) groups is 1. The summed E-state index contributed by atoms with van der Waals surface area (Å²) in [5.74, 6) is 0.547. The molecule has 5 nitrogen and oxygen atoms in total. The van der Waals surface area contributed by atoms with E-state index in [1.807, 2.05) is 13.8 Å². The SMILES string of the molecule is CCO[Si](CCC(C)C)(OCC)OC(C)N=C=O. The van der Waals surface area contributed by atoms with Crippen LogP contribution in [0.4, 0.5) is 0 Å². The number of nitrogens with zero attached hydrogens (tertiary/aromatic N) is 1. The van der Waals surface area contributed by atoms with E-state index in [2.05, 4.69) is 18.8 Å². The quantitative estimate of drug-likeness (QED) is 0.349. The molecule has 0 fully saturated rings. The van der Waals surface area contributed by atoms with E-state index < -0.39 is 15.0 Å². The maximum Gasteiger partial charge on any atom is 0.502 e. The van der Waals surface area contributed by atoms with Gasteiger partial charge in [-0.25, -0.2) is 4.79 Å². The summed E-state index contributed by atoms with van der Waals surface area (Å²) in [6.07, 6.45) is 1.89. The highest BCUT2D eigenvalue weighted by atomic mass is 28.4. The third kappa shape index (κ3) is 7.03. The van der Waals surface area contributed by atoms with Gasteiger partial charge in [0, 0.05) is 19.3 Å². The summed E-state index contributed by atoms with van der Waals surface area (Å²) in [6, 6.07) is 0.741. The molecule has 0 heterocycles. The van der Waals surface area contributed by atoms with Crippen LogP contribution in [0.5, 0.6) is 0 Å². The van der Waals surface area contributed by atoms with Gasteiger partial charge in [-0.2, -0.15) is 4.99 Å². The smallest absolute Gasteiger partial charge is 0.374 e. The molecule has 0 radical (unpaired) electrons. The van der Waals surface area contributed by atoms with Crippen LogP contribution in [0.15, 0.2) is 4.99 Å². The summed E-state index contributed by atoms with van der Waals surface area (Å²) in [7, 11) is -2.73. The van der Waals surface area contributed by atoms with Crippen molar-refractivity contribution in [1.82, 2.24) is 0 Å². The van der Waals surface area contributed by atoms with Crippen molar-refractivity contribution in [3.8, 4) is 0 Å². The first-order valence-corrected chi connectivity index (χ1v) is 8.45. The van der Waals surface area contributed by atoms with Crippen LogP contribution >= 0.6 is 0 Å². The van der Waals surface area contributed by atoms with Crippen molar-refractivity contribution in [1.29, 1.82) is 0 Å². The van der Waals surface area contributed by atoms with Crippen LogP contribution in [0.3, 0.4) is 0 Å². The molecule has 1 atom stereocenters. The molecule has 6 heteroatoms. The maximum atomic E-state index is 10.2. The summed E-state index contributed by atoms with van der Waals surface area (Å²) in [6.45, 7) is 10.9. The van der Waals surface area contributed by atoms with Gasteiger partial charge in [0.05, 0.1) is 0 Å². The Labute approximate surface area is 111 Å². The molecule has 18 heavy (non-hydrogen) atoms. The Morgan fingerprint density at radius 1 is 1.17 bits per heavy atom. The zero-order chi connectivity index (χ0) is 14.0. The molecule has 0 aromatic carbocycles. The molecule has 0 N–H and O–H groups in total. The molecule has 0 aromatic rings. The Balaban J connectivity index is 4.75. The predicted octanol–water partition coefficient (Wildman–Crippen LogP) is 2.74. The molecule has 0 saturated heterocycles. The van der Waals surface area contributed by atoms with Crippen molar-refractivity contribution in [2.24, 2.45) is 10.9 Å². The Hall–Kier alpha value is -0.523. The number of isocyanates is 1. The van der Waals surface area contributed by atoms with E-state index in [1.54, 1.807) is 6.92 Å². The molecular weight excluding hydrogens is 250 g/mol. The zero-order valence-electron chi connectivity index (χ0n) is 12.1. The number of carbonyl (C=O) groups excluding carboxylic acids is 1. The summed E-state index contributed by atoms with van der Waals surface area (Å²) < 4.78 is 17.3. The fourth-order valence-corrected chi connectivity index (χ4v) is 4.59. The van der Waals surface area contributed by atoms with Crippen LogP contribution < -0.4 is 0 Å². The first kappa shape index (κ1) is 17.5. The summed E-state index contributed by atoms with van der Waals surface area (Å²) in [5.41, 5.74) is 0. The molecule has 0 aliphatic carbocycles. The first-order valence-electron chi connectivity index (χ1n) is 6.52. The lowest BCUT2D eigenvalue weighted by molar-refractivity contribution is 0.0402. The predicted molar refractivity (Wildman–Crippen MR) is 71.9 cm³/mol. The number of hydrogen-bond donors (Lipinski definition) is 0. The highest BCUT2D eigenvalue weighted by Crippen LogP contribution is 2.22. The van der Waals surface area contributed by atoms with Crippen molar-refractivity contribution < 1.29 is 18.1 Å². The average Bonchev–Trinajstić information content (AvgIpc) is 2.27. The minimum atomic E-state index is -2.73. The van der Waals surface area contributed by atoms with Gasteiger partial charge in [0.2, 0.25) is 6.08 Å². The molecule has 0 amide bonds. The molecule has 0 saturated carbocycles. The van der Waals surface area contributed by atoms with E-state index in [0.29, 0.717) is 19.1 Å². The van der Waals surface area contributed by atoms with Crippen molar-refractivity contribution in [2.45, 2.75) is 53.3 Å². The molecule has 0 rings (SSSR count). The molecular formula is C12H25NO4Si. The Bertz CT molecular complexity index is 261. The van der Waals surface area contributed by atoms with E-state index in [1.165, 1.54) is 6.08 Å². The van der Waals surface area contributed by atoms with Crippen molar-refractivity contribution in [3.05, 3.63) is 0 Å². The fraction of sp³-hybridized carbons (Fsp3) is 0.917. The normalized spacial score (nSPS) is 13.4. The largest absolute Gasteiger partial charge is 0.502 e. The second-order valence-corrected chi connectivity index (χ2v) is 7.10. The minimum absolute atomic E-state index is 0.530. The molecule has 0 aliphatic rings. The molecule has 0 bridgehead atoms. The summed E-state index contributed by atoms with van der Waals surface area (Å²) in [4.78, 5) is 13.8. The van der Waals surface area contributed by atoms with Crippen LogP contribution in [-0.2, 0) is 18.1 Å². The standard InChI is InChI=1S/C12H25NO4Si/c1-6-15-18(16-7-2,9-8-11(3)4)17-12(5)13-10-14/h11-12H,6-9H2,1-5H3. The summed E-state index contributed by atoms with van der Waals surface area (Å²) in [5, 5.41) is 0. The number of hydrogen-bond acceptors (Lipinski definition) is 5. The number of rotatable bonds is 10. The van der Waals surface area contributed by atoms with Crippen molar-refractivity contribution in [2.75, 3.05) is 13.2 Å². The molecule has 0 aromatic heterocycles. The van der Waals surface area contributed by atoms with Gasteiger partial charge < -0.3 is 13.3 Å². The fourth-order valence-electron chi connectivity index (χ4n) is 1.58. The molecule has 0 spiro atoms. The lowest BCUT2D eigenvalue weighted by atomic mass is 10.2. The van der Waals surface area contributed by atoms with Gasteiger partial charge in [-0.3, -0.25) is 0 Å². The third-order valence-corrected chi connectivity index (χ3v) is 5.40. The van der Waals surface area contributed by atoms with Gasteiger partial charge in [-0.05, 0) is 33.1 Å². The highest BCUT2D eigenvalue weighted by molar-refractivity contribution is 6.60. The Morgan fingerprint density at radius 3 is 2.11 bits per heavy atom. The van der Waals surface area contributed by atoms with Gasteiger partial charge in [0.15, 0.2) is 6.23 Å². The third-order valence-electron chi connectivity index (χ3n) is 2.34.